The largest absolute Gasteiger partial charge is 0.507 e. The Kier molecular flexibility index (Phi) is 8.12. The summed E-state index contributed by atoms with van der Waals surface area (Å²) in [6.45, 7) is -22.2. The van der Waals surface area contributed by atoms with Crippen molar-refractivity contribution in [1.82, 2.24) is 14.5 Å². The van der Waals surface area contributed by atoms with E-state index in [0.717, 1.165) is 33.4 Å². The molecule has 0 spiro atoms. The molecule has 0 radical (unpaired) electrons. The van der Waals surface area contributed by atoms with Crippen molar-refractivity contribution in [3.05, 3.63) is 217 Å². The van der Waals surface area contributed by atoms with Crippen molar-refractivity contribution >= 4 is 11.0 Å². The maximum Gasteiger partial charge on any atom is 0.148 e. The number of pyridine rings is 1. The number of para-hydroxylation sites is 1. The molecule has 72 heavy (non-hydrogen) atoms. The van der Waals surface area contributed by atoms with Crippen LogP contribution in [0.15, 0.2) is 188 Å². The van der Waals surface area contributed by atoms with Crippen molar-refractivity contribution in [2.75, 3.05) is 0 Å². The van der Waals surface area contributed by atoms with E-state index in [9.17, 15) is 9.22 Å². The van der Waals surface area contributed by atoms with Gasteiger partial charge in [0.25, 0.3) is 0 Å². The zero-order chi connectivity index (χ0) is 67.3. The Labute approximate surface area is 470 Å². The van der Waals surface area contributed by atoms with E-state index < -0.39 is 92.5 Å². The number of rotatable bonds is 8. The second-order valence-corrected chi connectivity index (χ2v) is 18.8. The Morgan fingerprint density at radius 2 is 1.15 bits per heavy atom. The van der Waals surface area contributed by atoms with Gasteiger partial charge in [0.2, 0.25) is 0 Å². The van der Waals surface area contributed by atoms with Crippen molar-refractivity contribution < 1.29 is 55.0 Å². The van der Waals surface area contributed by atoms with E-state index in [4.69, 9.17) is 34.6 Å². The molecular formula is C67H62N3OPt-. The summed E-state index contributed by atoms with van der Waals surface area (Å²) in [6, 6.07) is 55.1. The van der Waals surface area contributed by atoms with Gasteiger partial charge >= 0.3 is 0 Å². The third kappa shape index (κ3) is 9.66. The van der Waals surface area contributed by atoms with Crippen molar-refractivity contribution in [1.29, 1.82) is 0 Å². The van der Waals surface area contributed by atoms with Crippen LogP contribution >= 0.6 is 0 Å². The Hall–Kier alpha value is -7.13. The molecule has 0 aliphatic carbocycles. The van der Waals surface area contributed by atoms with Crippen LogP contribution in [-0.2, 0) is 37.3 Å². The fraction of sp³-hybridized carbons (Fsp3) is 0.194. The summed E-state index contributed by atoms with van der Waals surface area (Å²) in [4.78, 5) is 9.88. The topological polar surface area (TPSA) is 50.9 Å². The Morgan fingerprint density at radius 1 is 0.514 bits per heavy atom. The smallest absolute Gasteiger partial charge is 0.148 e. The predicted molar refractivity (Wildman–Crippen MR) is 298 cm³/mol. The van der Waals surface area contributed by atoms with E-state index in [1.54, 1.807) is 30.5 Å². The van der Waals surface area contributed by atoms with Crippen LogP contribution in [0.25, 0.3) is 95.0 Å². The van der Waals surface area contributed by atoms with E-state index >= 15 is 0 Å². The van der Waals surface area contributed by atoms with Crippen LogP contribution in [0.4, 0.5) is 0 Å². The minimum atomic E-state index is -4.26. The average molecular weight is 1140 g/mol. The molecule has 8 aromatic carbocycles. The summed E-state index contributed by atoms with van der Waals surface area (Å²) in [5, 5.41) is 13.2. The molecule has 2 heterocycles. The van der Waals surface area contributed by atoms with Crippen molar-refractivity contribution in [3.8, 4) is 89.7 Å². The average Bonchev–Trinajstić information content (AvgIpc) is 1.24. The molecular weight excluding hydrogens is 1060 g/mol. The van der Waals surface area contributed by atoms with Gasteiger partial charge in [-0.05, 0) is 109 Å². The third-order valence-electron chi connectivity index (χ3n) is 12.8. The maximum absolute atomic E-state index is 13.2. The summed E-state index contributed by atoms with van der Waals surface area (Å²) >= 11 is 0. The minimum absolute atomic E-state index is 0. The standard InChI is InChI=1S/C67H62N3O.Pt/c1-43-36-48(61-53(46-26-18-13-19-27-46)28-20-30-56(61)66(5,6)7)32-33-59(43)70-60-31-21-29-54(62(60)69-64(70)55-41-52(65(2,3)4)42-57(63(55)71)67(8,9)10)50-37-49(45-24-16-12-17-25-45)38-51(39-50)58-40-47(34-35-68-58)44-22-14-11-15-23-44;/h11-38,40-42,71H,1-10H3;/q-1;/i1D3,2D3,3D3,4D3,8D3,9D3,10D3;. The number of fused-ring (bicyclic) bond motifs is 1. The fourth-order valence-electron chi connectivity index (χ4n) is 9.32. The minimum Gasteiger partial charge on any atom is -0.507 e. The monoisotopic (exact) mass is 1140 g/mol. The van der Waals surface area contributed by atoms with Gasteiger partial charge in [-0.1, -0.05) is 218 Å². The number of phenols is 1. The number of hydrogen-bond donors (Lipinski definition) is 1. The molecule has 0 saturated carbocycles. The van der Waals surface area contributed by atoms with Crippen LogP contribution < -0.4 is 0 Å². The Balaban J connectivity index is 0.0000102. The van der Waals surface area contributed by atoms with Crippen LogP contribution in [0, 0.1) is 12.9 Å². The van der Waals surface area contributed by atoms with Crippen LogP contribution in [0.3, 0.4) is 0 Å². The van der Waals surface area contributed by atoms with Gasteiger partial charge in [0, 0.05) is 67.3 Å². The second-order valence-electron chi connectivity index (χ2n) is 18.8. The summed E-state index contributed by atoms with van der Waals surface area (Å²) in [7, 11) is 0. The first-order valence-electron chi connectivity index (χ1n) is 33.5. The molecule has 0 fully saturated rings. The second kappa shape index (κ2) is 19.5. The molecule has 362 valence electrons. The normalized spacial score (nSPS) is 17.5. The quantitative estimate of drug-likeness (QED) is 0.154. The van der Waals surface area contributed by atoms with Gasteiger partial charge < -0.3 is 5.11 Å². The van der Waals surface area contributed by atoms with E-state index in [2.05, 4.69) is 6.07 Å². The van der Waals surface area contributed by atoms with E-state index in [1.165, 1.54) is 22.8 Å². The molecule has 0 atom stereocenters. The molecule has 0 aliphatic heterocycles. The number of hydrogen-bond acceptors (Lipinski definition) is 3. The zero-order valence-electron chi connectivity index (χ0n) is 60.5. The van der Waals surface area contributed by atoms with Crippen molar-refractivity contribution in [2.45, 2.75) is 85.0 Å². The molecule has 2 aromatic heterocycles. The molecule has 0 unspecified atom stereocenters. The van der Waals surface area contributed by atoms with Gasteiger partial charge in [-0.25, -0.2) is 4.98 Å². The van der Waals surface area contributed by atoms with Gasteiger partial charge in [-0.2, -0.15) is 0 Å². The number of aromatic hydroxyl groups is 1. The Morgan fingerprint density at radius 3 is 1.82 bits per heavy atom. The Bertz CT molecular complexity index is 4330. The number of nitrogens with zero attached hydrogens (tertiary/aromatic N) is 3. The van der Waals surface area contributed by atoms with Gasteiger partial charge in [0.05, 0.1) is 22.3 Å². The fourth-order valence-corrected chi connectivity index (χ4v) is 9.32. The first-order chi connectivity index (χ1) is 42.6. The molecule has 10 aromatic rings. The predicted octanol–water partition coefficient (Wildman–Crippen LogP) is 17.8. The van der Waals surface area contributed by atoms with Crippen LogP contribution in [0.1, 0.15) is 113 Å². The molecule has 5 heteroatoms. The van der Waals surface area contributed by atoms with Gasteiger partial charge in [-0.3, -0.25) is 9.55 Å². The SMILES string of the molecule is [2H]C([2H])([2H])c1cc(-c2c(-c3ccccc3)cccc2C(C)(C)C)ccc1-n1c(-c2cc(C(C([2H])([2H])[2H])(C([2H])([2H])[2H])C([2H])([2H])[2H])cc(C(C([2H])([2H])[2H])(C([2H])([2H])[2H])C([2H])([2H])[2H])c2O)nc2c(-c3[c-]c(-c4cc(-c5ccccc5)ccn4)cc(-c4ccccc4)c3)cccc21.[Pt]. The summed E-state index contributed by atoms with van der Waals surface area (Å²) < 4.78 is 189. The molecule has 0 amide bonds. The summed E-state index contributed by atoms with van der Waals surface area (Å²) in [6.07, 6.45) is 1.65. The van der Waals surface area contributed by atoms with Gasteiger partial charge in [-0.15, -0.1) is 23.8 Å². The molecule has 4 nitrogen and oxygen atoms in total. The number of imidazole rings is 1. The van der Waals surface area contributed by atoms with Crippen LogP contribution in [-0.4, -0.2) is 19.6 Å². The zero-order valence-corrected chi connectivity index (χ0v) is 41.8. The first-order valence-corrected chi connectivity index (χ1v) is 23.0. The molecule has 0 saturated heterocycles. The molecule has 0 bridgehead atoms. The van der Waals surface area contributed by atoms with Crippen LogP contribution in [0.2, 0.25) is 0 Å². The number of phenolic OH excluding ortho intramolecular Hbond substituents is 1. The molecule has 1 N–H and O–H groups in total. The molecule has 0 aliphatic rings. The number of aryl methyl sites for hydroxylation is 1. The number of benzene rings is 8. The van der Waals surface area contributed by atoms with Crippen molar-refractivity contribution in [3.63, 3.8) is 0 Å². The van der Waals surface area contributed by atoms with Crippen LogP contribution in [0.5, 0.6) is 5.75 Å². The van der Waals surface area contributed by atoms with Gasteiger partial charge in [0.15, 0.2) is 0 Å². The van der Waals surface area contributed by atoms with E-state index in [1.807, 2.05) is 148 Å². The first kappa shape index (κ1) is 30.0. The van der Waals surface area contributed by atoms with E-state index in [0.29, 0.717) is 39.6 Å². The van der Waals surface area contributed by atoms with Crippen molar-refractivity contribution in [2.24, 2.45) is 0 Å². The summed E-state index contributed by atoms with van der Waals surface area (Å²) in [5.41, 5.74) is -5.32. The molecule has 10 rings (SSSR count). The summed E-state index contributed by atoms with van der Waals surface area (Å²) in [5.74, 6) is -2.18. The van der Waals surface area contributed by atoms with Gasteiger partial charge in [0.1, 0.15) is 11.6 Å². The third-order valence-corrected chi connectivity index (χ3v) is 12.8. The maximum atomic E-state index is 13.2. The number of aromatic nitrogens is 3. The van der Waals surface area contributed by atoms with E-state index in [-0.39, 0.29) is 55.0 Å².